The van der Waals surface area contributed by atoms with Gasteiger partial charge in [-0.05, 0) is 28.9 Å². The second-order valence-electron chi connectivity index (χ2n) is 5.03. The van der Waals surface area contributed by atoms with Gasteiger partial charge < -0.3 is 0 Å². The van der Waals surface area contributed by atoms with Crippen molar-refractivity contribution in [3.63, 3.8) is 0 Å². The number of aryl methyl sites for hydroxylation is 1. The number of rotatable bonds is 1. The molecule has 0 unspecified atom stereocenters. The Balaban J connectivity index is 2.52. The lowest BCUT2D eigenvalue weighted by Gasteiger charge is -2.18. The van der Waals surface area contributed by atoms with Crippen molar-refractivity contribution in [2.75, 3.05) is 0 Å². The lowest BCUT2D eigenvalue weighted by Crippen LogP contribution is -2.15. The standard InChI is InChI=1S/C12H15BrN4/c1-8-5-6-17(16-8)10-7-9(12(2,3)4)14-11(13)15-10/h5-7H,1-4H3. The topological polar surface area (TPSA) is 43.6 Å². The van der Waals surface area contributed by atoms with Gasteiger partial charge in [-0.2, -0.15) is 5.10 Å². The van der Waals surface area contributed by atoms with Crippen molar-refractivity contribution in [3.05, 3.63) is 34.5 Å². The smallest absolute Gasteiger partial charge is 0.198 e. The van der Waals surface area contributed by atoms with E-state index in [1.54, 1.807) is 4.68 Å². The van der Waals surface area contributed by atoms with Crippen LogP contribution in [0.25, 0.3) is 5.82 Å². The first-order valence-corrected chi connectivity index (χ1v) is 6.23. The average molecular weight is 295 g/mol. The molecule has 0 bridgehead atoms. The molecule has 0 aromatic carbocycles. The molecule has 0 fully saturated rings. The molecule has 2 aromatic rings. The van der Waals surface area contributed by atoms with Gasteiger partial charge in [0.2, 0.25) is 0 Å². The van der Waals surface area contributed by atoms with Crippen LogP contribution in [-0.4, -0.2) is 19.7 Å². The molecule has 5 heteroatoms. The second kappa shape index (κ2) is 4.22. The molecule has 0 spiro atoms. The van der Waals surface area contributed by atoms with Crippen LogP contribution in [0.4, 0.5) is 0 Å². The zero-order valence-corrected chi connectivity index (χ0v) is 12.0. The van der Waals surface area contributed by atoms with E-state index in [1.165, 1.54) is 0 Å². The highest BCUT2D eigenvalue weighted by Gasteiger charge is 2.18. The largest absolute Gasteiger partial charge is 0.227 e. The molecule has 2 rings (SSSR count). The van der Waals surface area contributed by atoms with E-state index in [9.17, 15) is 0 Å². The van der Waals surface area contributed by atoms with E-state index in [1.807, 2.05) is 25.3 Å². The molecule has 0 aliphatic rings. The van der Waals surface area contributed by atoms with E-state index in [0.29, 0.717) is 4.73 Å². The number of hydrogen-bond donors (Lipinski definition) is 0. The third-order valence-electron chi connectivity index (χ3n) is 2.41. The molecule has 0 atom stereocenters. The minimum absolute atomic E-state index is 0.0115. The van der Waals surface area contributed by atoms with Crippen molar-refractivity contribution in [2.24, 2.45) is 0 Å². The Morgan fingerprint density at radius 3 is 2.47 bits per heavy atom. The Kier molecular flexibility index (Phi) is 3.03. The maximum absolute atomic E-state index is 4.40. The Morgan fingerprint density at radius 1 is 1.24 bits per heavy atom. The Hall–Kier alpha value is -1.23. The Bertz CT molecular complexity index is 540. The fourth-order valence-electron chi connectivity index (χ4n) is 1.45. The van der Waals surface area contributed by atoms with Crippen molar-refractivity contribution >= 4 is 15.9 Å². The highest BCUT2D eigenvalue weighted by atomic mass is 79.9. The van der Waals surface area contributed by atoms with Crippen LogP contribution in [0.1, 0.15) is 32.2 Å². The highest BCUT2D eigenvalue weighted by Crippen LogP contribution is 2.23. The van der Waals surface area contributed by atoms with Gasteiger partial charge in [-0.1, -0.05) is 20.8 Å². The normalized spacial score (nSPS) is 11.8. The van der Waals surface area contributed by atoms with Crippen LogP contribution in [0.3, 0.4) is 0 Å². The second-order valence-corrected chi connectivity index (χ2v) is 5.74. The van der Waals surface area contributed by atoms with Crippen LogP contribution < -0.4 is 0 Å². The molecule has 2 heterocycles. The third kappa shape index (κ3) is 2.72. The third-order valence-corrected chi connectivity index (χ3v) is 2.77. The van der Waals surface area contributed by atoms with Gasteiger partial charge in [0.05, 0.1) is 11.4 Å². The summed E-state index contributed by atoms with van der Waals surface area (Å²) in [4.78, 5) is 8.74. The van der Waals surface area contributed by atoms with Crippen LogP contribution in [0.5, 0.6) is 0 Å². The summed E-state index contributed by atoms with van der Waals surface area (Å²) in [5.74, 6) is 0.782. The van der Waals surface area contributed by atoms with Crippen LogP contribution in [0.15, 0.2) is 23.1 Å². The Morgan fingerprint density at radius 2 is 1.94 bits per heavy atom. The molecule has 0 amide bonds. The molecule has 0 saturated heterocycles. The van der Waals surface area contributed by atoms with Gasteiger partial charge in [0, 0.05) is 17.7 Å². The highest BCUT2D eigenvalue weighted by molar-refractivity contribution is 9.10. The molecule has 0 radical (unpaired) electrons. The van der Waals surface area contributed by atoms with Gasteiger partial charge in [-0.15, -0.1) is 0 Å². The van der Waals surface area contributed by atoms with E-state index in [0.717, 1.165) is 17.2 Å². The molecule has 0 aliphatic heterocycles. The summed E-state index contributed by atoms with van der Waals surface area (Å²) in [6.07, 6.45) is 1.90. The summed E-state index contributed by atoms with van der Waals surface area (Å²) in [7, 11) is 0. The van der Waals surface area contributed by atoms with Gasteiger partial charge in [0.15, 0.2) is 10.6 Å². The van der Waals surface area contributed by atoms with E-state index in [-0.39, 0.29) is 5.41 Å². The quantitative estimate of drug-likeness (QED) is 0.760. The first kappa shape index (κ1) is 12.2. The molecule has 17 heavy (non-hydrogen) atoms. The van der Waals surface area contributed by atoms with E-state index >= 15 is 0 Å². The van der Waals surface area contributed by atoms with Crippen molar-refractivity contribution < 1.29 is 0 Å². The minimum Gasteiger partial charge on any atom is -0.227 e. The predicted octanol–water partition coefficient (Wildman–Crippen LogP) is 3.03. The first-order chi connectivity index (χ1) is 7.86. The van der Waals surface area contributed by atoms with Crippen molar-refractivity contribution in [1.29, 1.82) is 0 Å². The number of hydrogen-bond acceptors (Lipinski definition) is 3. The summed E-state index contributed by atoms with van der Waals surface area (Å²) in [6, 6.07) is 3.92. The van der Waals surface area contributed by atoms with Crippen molar-refractivity contribution in [3.8, 4) is 5.82 Å². The molecule has 0 saturated carbocycles. The molecule has 4 nitrogen and oxygen atoms in total. The molecular formula is C12H15BrN4. The van der Waals surface area contributed by atoms with Crippen LogP contribution in [0, 0.1) is 6.92 Å². The zero-order chi connectivity index (χ0) is 12.6. The maximum Gasteiger partial charge on any atom is 0.198 e. The predicted molar refractivity (Wildman–Crippen MR) is 70.3 cm³/mol. The fraction of sp³-hybridized carbons (Fsp3) is 0.417. The van der Waals surface area contributed by atoms with Gasteiger partial charge >= 0.3 is 0 Å². The average Bonchev–Trinajstić information content (AvgIpc) is 2.62. The maximum atomic E-state index is 4.40. The van der Waals surface area contributed by atoms with E-state index in [4.69, 9.17) is 0 Å². The fourth-order valence-corrected chi connectivity index (χ4v) is 1.82. The van der Waals surface area contributed by atoms with Gasteiger partial charge in [-0.3, -0.25) is 0 Å². The lowest BCUT2D eigenvalue weighted by atomic mass is 9.92. The lowest BCUT2D eigenvalue weighted by molar-refractivity contribution is 0.563. The molecule has 0 aliphatic carbocycles. The van der Waals surface area contributed by atoms with E-state index in [2.05, 4.69) is 51.8 Å². The van der Waals surface area contributed by atoms with Gasteiger partial charge in [-0.25, -0.2) is 14.6 Å². The summed E-state index contributed by atoms with van der Waals surface area (Å²) >= 11 is 3.35. The summed E-state index contributed by atoms with van der Waals surface area (Å²) < 4.78 is 2.35. The molecule has 0 N–H and O–H groups in total. The molecular weight excluding hydrogens is 280 g/mol. The molecule has 90 valence electrons. The number of halogens is 1. The summed E-state index contributed by atoms with van der Waals surface area (Å²) in [5, 5.41) is 4.35. The zero-order valence-electron chi connectivity index (χ0n) is 10.4. The summed E-state index contributed by atoms with van der Waals surface area (Å²) in [5.41, 5.74) is 1.95. The van der Waals surface area contributed by atoms with Crippen LogP contribution in [0.2, 0.25) is 0 Å². The monoisotopic (exact) mass is 294 g/mol. The molecule has 2 aromatic heterocycles. The van der Waals surface area contributed by atoms with Gasteiger partial charge in [0.1, 0.15) is 0 Å². The van der Waals surface area contributed by atoms with Crippen molar-refractivity contribution in [2.45, 2.75) is 33.1 Å². The summed E-state index contributed by atoms with van der Waals surface area (Å²) in [6.45, 7) is 8.33. The first-order valence-electron chi connectivity index (χ1n) is 5.44. The Labute approximate surface area is 109 Å². The van der Waals surface area contributed by atoms with Crippen molar-refractivity contribution in [1.82, 2.24) is 19.7 Å². The van der Waals surface area contributed by atoms with Crippen LogP contribution >= 0.6 is 15.9 Å². The van der Waals surface area contributed by atoms with Crippen LogP contribution in [-0.2, 0) is 5.41 Å². The number of nitrogens with zero attached hydrogens (tertiary/aromatic N) is 4. The SMILES string of the molecule is Cc1ccn(-c2cc(C(C)(C)C)nc(Br)n2)n1. The number of aromatic nitrogens is 4. The minimum atomic E-state index is -0.0115. The van der Waals surface area contributed by atoms with E-state index < -0.39 is 0 Å². The van der Waals surface area contributed by atoms with Gasteiger partial charge in [0.25, 0.3) is 0 Å².